The molecule has 11 nitrogen and oxygen atoms in total. The molecule has 3 aromatic carbocycles. The number of nitrogens with zero attached hydrogens (tertiary/aromatic N) is 1. The number of carbonyl (C=O) groups excluding carboxylic acids is 2. The highest BCUT2D eigenvalue weighted by atomic mass is 32.2. The summed E-state index contributed by atoms with van der Waals surface area (Å²) in [6.45, 7) is 4.12. The second kappa shape index (κ2) is 17.0. The molecule has 0 saturated carbocycles. The van der Waals surface area contributed by atoms with E-state index in [4.69, 9.17) is 15.2 Å². The maximum Gasteiger partial charge on any atom is 0.407 e. The average Bonchev–Trinajstić information content (AvgIpc) is 3.00. The molecule has 0 radical (unpaired) electrons. The van der Waals surface area contributed by atoms with E-state index in [1.165, 1.54) is 35.7 Å². The van der Waals surface area contributed by atoms with Crippen molar-refractivity contribution in [1.29, 1.82) is 0 Å². The van der Waals surface area contributed by atoms with Crippen molar-refractivity contribution in [2.45, 2.75) is 50.1 Å². The van der Waals surface area contributed by atoms with Gasteiger partial charge in [-0.25, -0.2) is 13.2 Å². The van der Waals surface area contributed by atoms with Crippen LogP contribution in [-0.2, 0) is 30.7 Å². The first-order valence-electron chi connectivity index (χ1n) is 14.7. The van der Waals surface area contributed by atoms with Gasteiger partial charge in [-0.2, -0.15) is 4.31 Å². The third kappa shape index (κ3) is 9.91. The third-order valence-corrected chi connectivity index (χ3v) is 9.03. The second-order valence-electron chi connectivity index (χ2n) is 11.0. The first-order valence-corrected chi connectivity index (χ1v) is 16.2. The molecule has 0 aliphatic carbocycles. The summed E-state index contributed by atoms with van der Waals surface area (Å²) in [7, 11) is -2.41. The molecule has 0 aromatic heterocycles. The lowest BCUT2D eigenvalue weighted by Crippen LogP contribution is -2.49. The smallest absolute Gasteiger partial charge is 0.407 e. The summed E-state index contributed by atoms with van der Waals surface area (Å²) in [5.74, 6) is -0.396. The molecule has 0 bridgehead atoms. The van der Waals surface area contributed by atoms with E-state index in [-0.39, 0.29) is 50.1 Å². The first kappa shape index (κ1) is 34.8. The van der Waals surface area contributed by atoms with Crippen molar-refractivity contribution in [3.8, 4) is 0 Å². The standard InChI is InChI=1S/C32H44N4O7S/c1-23(2)21-36(44(40,41)28-15-13-26(33)14-16-28)27(22-37)11-7-17-34-31(38)30(35-32(39)43-19-18-42-3)20-25-10-6-9-24-8-4-5-12-29(24)25/h4-6,8-10,12-16,23,27,30,37H,7,11,17-22,33H2,1-3H3,(H,34,38)(H,35,39)/t27-,30-/m0/s1. The lowest BCUT2D eigenvalue weighted by Gasteiger charge is -2.31. The Balaban J connectivity index is 1.69. The first-order chi connectivity index (χ1) is 21.1. The highest BCUT2D eigenvalue weighted by Gasteiger charge is 2.31. The van der Waals surface area contributed by atoms with Crippen molar-refractivity contribution in [3.63, 3.8) is 0 Å². The molecule has 0 fully saturated rings. The molecule has 44 heavy (non-hydrogen) atoms. The number of nitrogens with one attached hydrogen (secondary N) is 2. The van der Waals surface area contributed by atoms with E-state index < -0.39 is 34.1 Å². The predicted molar refractivity (Wildman–Crippen MR) is 171 cm³/mol. The molecular weight excluding hydrogens is 584 g/mol. The fourth-order valence-corrected chi connectivity index (χ4v) is 6.69. The van der Waals surface area contributed by atoms with Crippen molar-refractivity contribution in [2.75, 3.05) is 45.8 Å². The van der Waals surface area contributed by atoms with Gasteiger partial charge in [0.1, 0.15) is 12.6 Å². The number of anilines is 1. The number of benzene rings is 3. The number of ether oxygens (including phenoxy) is 2. The Bertz CT molecular complexity index is 1460. The summed E-state index contributed by atoms with van der Waals surface area (Å²) in [5, 5.41) is 17.7. The van der Waals surface area contributed by atoms with E-state index in [1.54, 1.807) is 0 Å². The molecule has 0 aliphatic heterocycles. The molecule has 0 saturated heterocycles. The Hall–Kier alpha value is -3.71. The highest BCUT2D eigenvalue weighted by molar-refractivity contribution is 7.89. The summed E-state index contributed by atoms with van der Waals surface area (Å²) in [4.78, 5) is 25.9. The molecule has 0 unspecified atom stereocenters. The minimum Gasteiger partial charge on any atom is -0.447 e. The number of methoxy groups -OCH3 is 1. The number of aliphatic hydroxyl groups is 1. The van der Waals surface area contributed by atoms with Crippen LogP contribution in [0.3, 0.4) is 0 Å². The number of alkyl carbamates (subject to hydrolysis) is 1. The fourth-order valence-electron chi connectivity index (χ4n) is 4.88. The van der Waals surface area contributed by atoms with Gasteiger partial charge in [0.15, 0.2) is 0 Å². The van der Waals surface area contributed by atoms with E-state index >= 15 is 0 Å². The molecule has 2 amide bonds. The van der Waals surface area contributed by atoms with Gasteiger partial charge in [0.05, 0.1) is 18.1 Å². The van der Waals surface area contributed by atoms with Crippen LogP contribution in [0.15, 0.2) is 71.6 Å². The Kier molecular flexibility index (Phi) is 13.4. The minimum absolute atomic E-state index is 0.0110. The molecule has 12 heteroatoms. The molecule has 0 aliphatic rings. The maximum absolute atomic E-state index is 13.5. The molecule has 5 N–H and O–H groups in total. The molecule has 0 spiro atoms. The minimum atomic E-state index is -3.91. The van der Waals surface area contributed by atoms with Crippen LogP contribution < -0.4 is 16.4 Å². The Morgan fingerprint density at radius 1 is 1.00 bits per heavy atom. The largest absolute Gasteiger partial charge is 0.447 e. The summed E-state index contributed by atoms with van der Waals surface area (Å²) >= 11 is 0. The zero-order valence-electron chi connectivity index (χ0n) is 25.6. The zero-order chi connectivity index (χ0) is 32.1. The second-order valence-corrected chi connectivity index (χ2v) is 12.9. The van der Waals surface area contributed by atoms with Gasteiger partial charge < -0.3 is 30.9 Å². The van der Waals surface area contributed by atoms with Gasteiger partial charge in [0, 0.05) is 38.3 Å². The van der Waals surface area contributed by atoms with Crippen molar-refractivity contribution in [3.05, 3.63) is 72.3 Å². The normalized spacial score (nSPS) is 13.1. The van der Waals surface area contributed by atoms with Gasteiger partial charge in [-0.3, -0.25) is 4.79 Å². The van der Waals surface area contributed by atoms with Gasteiger partial charge in [0.2, 0.25) is 15.9 Å². The summed E-state index contributed by atoms with van der Waals surface area (Å²) in [6.07, 6.45) is 0.189. The van der Waals surface area contributed by atoms with Crippen LogP contribution in [0.1, 0.15) is 32.3 Å². The van der Waals surface area contributed by atoms with Crippen LogP contribution in [0.4, 0.5) is 10.5 Å². The summed E-state index contributed by atoms with van der Waals surface area (Å²) in [5.41, 5.74) is 7.08. The molecule has 2 atom stereocenters. The molecule has 3 rings (SSSR count). The number of aliphatic hydroxyl groups excluding tert-OH is 1. The van der Waals surface area contributed by atoms with E-state index in [2.05, 4.69) is 10.6 Å². The van der Waals surface area contributed by atoms with Crippen molar-refractivity contribution >= 4 is 38.5 Å². The Morgan fingerprint density at radius 3 is 2.39 bits per heavy atom. The SMILES string of the molecule is COCCOC(=O)N[C@@H](Cc1cccc2ccccc12)C(=O)NCCC[C@@H](CO)N(CC(C)C)S(=O)(=O)c1ccc(N)cc1. The fraction of sp³-hybridized carbons (Fsp3) is 0.438. The highest BCUT2D eigenvalue weighted by Crippen LogP contribution is 2.23. The monoisotopic (exact) mass is 628 g/mol. The predicted octanol–water partition coefficient (Wildman–Crippen LogP) is 3.31. The molecule has 0 heterocycles. The number of hydrogen-bond acceptors (Lipinski definition) is 8. The van der Waals surface area contributed by atoms with Gasteiger partial charge in [0.25, 0.3) is 0 Å². The van der Waals surface area contributed by atoms with Gasteiger partial charge in [-0.05, 0) is 59.4 Å². The van der Waals surface area contributed by atoms with Crippen LogP contribution in [-0.4, -0.2) is 81.9 Å². The molecular formula is C32H44N4O7S. The lowest BCUT2D eigenvalue weighted by atomic mass is 9.98. The number of nitrogen functional groups attached to an aromatic ring is 1. The summed E-state index contributed by atoms with van der Waals surface area (Å²) in [6, 6.07) is 17.9. The zero-order valence-corrected chi connectivity index (χ0v) is 26.4. The van der Waals surface area contributed by atoms with Crippen molar-refractivity contribution < 1.29 is 32.6 Å². The number of fused-ring (bicyclic) bond motifs is 1. The third-order valence-electron chi connectivity index (χ3n) is 7.10. The Morgan fingerprint density at radius 2 is 1.70 bits per heavy atom. The van der Waals surface area contributed by atoms with Gasteiger partial charge in [-0.15, -0.1) is 0 Å². The van der Waals surface area contributed by atoms with Gasteiger partial charge >= 0.3 is 6.09 Å². The van der Waals surface area contributed by atoms with E-state index in [9.17, 15) is 23.1 Å². The molecule has 240 valence electrons. The van der Waals surface area contributed by atoms with Crippen molar-refractivity contribution in [1.82, 2.24) is 14.9 Å². The number of nitrogens with two attached hydrogens (primary N) is 1. The van der Waals surface area contributed by atoms with E-state index in [1.807, 2.05) is 56.3 Å². The number of sulfonamides is 1. The average molecular weight is 629 g/mol. The maximum atomic E-state index is 13.5. The van der Waals surface area contributed by atoms with Crippen LogP contribution in [0.25, 0.3) is 10.8 Å². The van der Waals surface area contributed by atoms with E-state index in [0.717, 1.165) is 16.3 Å². The number of amides is 2. The van der Waals surface area contributed by atoms with Gasteiger partial charge in [-0.1, -0.05) is 56.3 Å². The number of rotatable bonds is 17. The summed E-state index contributed by atoms with van der Waals surface area (Å²) < 4.78 is 38.4. The lowest BCUT2D eigenvalue weighted by molar-refractivity contribution is -0.123. The Labute approximate surface area is 259 Å². The number of carbonyl (C=O) groups is 2. The topological polar surface area (TPSA) is 160 Å². The van der Waals surface area contributed by atoms with Crippen LogP contribution in [0, 0.1) is 5.92 Å². The van der Waals surface area contributed by atoms with Crippen molar-refractivity contribution in [2.24, 2.45) is 5.92 Å². The van der Waals surface area contributed by atoms with Crippen LogP contribution >= 0.6 is 0 Å². The molecule has 3 aromatic rings. The van der Waals surface area contributed by atoms with Crippen LogP contribution in [0.2, 0.25) is 0 Å². The number of hydrogen-bond donors (Lipinski definition) is 4. The van der Waals surface area contributed by atoms with Crippen LogP contribution in [0.5, 0.6) is 0 Å². The van der Waals surface area contributed by atoms with E-state index in [0.29, 0.717) is 18.5 Å². The quantitative estimate of drug-likeness (QED) is 0.131.